The van der Waals surface area contributed by atoms with Crippen molar-refractivity contribution in [1.82, 2.24) is 15.0 Å². The summed E-state index contributed by atoms with van der Waals surface area (Å²) >= 11 is 0. The summed E-state index contributed by atoms with van der Waals surface area (Å²) in [6, 6.07) is 4.74. The Bertz CT molecular complexity index is 587. The molecular weight excluding hydrogens is 285 g/mol. The predicted molar refractivity (Wildman–Crippen MR) is 69.9 cm³/mol. The van der Waals surface area contributed by atoms with Gasteiger partial charge in [-0.05, 0) is 19.1 Å². The minimum Gasteiger partial charge on any atom is -0.468 e. The molecule has 2 aromatic heterocycles. The van der Waals surface area contributed by atoms with E-state index in [-0.39, 0.29) is 5.88 Å². The number of anilines is 1. The molecule has 5 nitrogen and oxygen atoms in total. The first-order chi connectivity index (χ1) is 9.92. The molecule has 0 unspecified atom stereocenters. The van der Waals surface area contributed by atoms with Gasteiger partial charge < -0.3 is 10.1 Å². The maximum Gasteiger partial charge on any atom is 0.422 e. The fourth-order valence-corrected chi connectivity index (χ4v) is 1.52. The zero-order chi connectivity index (χ0) is 15.3. The minimum absolute atomic E-state index is 0.0734. The number of alkyl halides is 3. The molecule has 0 aliphatic carbocycles. The second kappa shape index (κ2) is 6.38. The van der Waals surface area contributed by atoms with E-state index in [1.165, 1.54) is 12.3 Å². The van der Waals surface area contributed by atoms with Crippen LogP contribution < -0.4 is 10.1 Å². The van der Waals surface area contributed by atoms with Gasteiger partial charge in [0.1, 0.15) is 5.82 Å². The highest BCUT2D eigenvalue weighted by molar-refractivity contribution is 5.42. The third-order valence-corrected chi connectivity index (χ3v) is 2.43. The van der Waals surface area contributed by atoms with Gasteiger partial charge in [0.25, 0.3) is 0 Å². The lowest BCUT2D eigenvalue weighted by atomic mass is 10.3. The Hall–Kier alpha value is -2.38. The van der Waals surface area contributed by atoms with Crippen LogP contribution in [0.2, 0.25) is 0 Å². The van der Waals surface area contributed by atoms with E-state index in [9.17, 15) is 13.2 Å². The second-order valence-electron chi connectivity index (χ2n) is 4.24. The summed E-state index contributed by atoms with van der Waals surface area (Å²) in [7, 11) is 0. The highest BCUT2D eigenvalue weighted by Gasteiger charge is 2.28. The molecule has 0 radical (unpaired) electrons. The SMILES string of the molecule is Cc1nccc(CNc2ccc(OCC(F)(F)F)nc2)n1. The average molecular weight is 298 g/mol. The lowest BCUT2D eigenvalue weighted by Gasteiger charge is -2.09. The van der Waals surface area contributed by atoms with Crippen molar-refractivity contribution in [3.05, 3.63) is 42.1 Å². The van der Waals surface area contributed by atoms with Gasteiger partial charge in [0.2, 0.25) is 5.88 Å². The largest absolute Gasteiger partial charge is 0.468 e. The number of halogens is 3. The van der Waals surface area contributed by atoms with Gasteiger partial charge in [-0.1, -0.05) is 0 Å². The fourth-order valence-electron chi connectivity index (χ4n) is 1.52. The Morgan fingerprint density at radius 3 is 2.62 bits per heavy atom. The summed E-state index contributed by atoms with van der Waals surface area (Å²) in [5, 5.41) is 3.06. The summed E-state index contributed by atoms with van der Waals surface area (Å²) in [4.78, 5) is 12.0. The Kier molecular flexibility index (Phi) is 4.56. The van der Waals surface area contributed by atoms with Crippen LogP contribution in [0.1, 0.15) is 11.5 Å². The predicted octanol–water partition coefficient (Wildman–Crippen LogP) is 2.73. The molecule has 0 fully saturated rings. The zero-order valence-electron chi connectivity index (χ0n) is 11.2. The second-order valence-corrected chi connectivity index (χ2v) is 4.24. The Balaban J connectivity index is 1.87. The van der Waals surface area contributed by atoms with Crippen molar-refractivity contribution < 1.29 is 17.9 Å². The molecule has 2 rings (SSSR count). The third-order valence-electron chi connectivity index (χ3n) is 2.43. The van der Waals surface area contributed by atoms with Gasteiger partial charge in [0, 0.05) is 12.3 Å². The van der Waals surface area contributed by atoms with Gasteiger partial charge in [-0.25, -0.2) is 15.0 Å². The van der Waals surface area contributed by atoms with Gasteiger partial charge in [-0.2, -0.15) is 13.2 Å². The monoisotopic (exact) mass is 298 g/mol. The van der Waals surface area contributed by atoms with Crippen LogP contribution in [0.3, 0.4) is 0 Å². The molecule has 0 aromatic carbocycles. The number of hydrogen-bond acceptors (Lipinski definition) is 5. The quantitative estimate of drug-likeness (QED) is 0.919. The number of pyridine rings is 1. The van der Waals surface area contributed by atoms with E-state index in [0.29, 0.717) is 18.1 Å². The van der Waals surface area contributed by atoms with Crippen LogP contribution in [0.4, 0.5) is 18.9 Å². The van der Waals surface area contributed by atoms with Crippen LogP contribution >= 0.6 is 0 Å². The molecule has 21 heavy (non-hydrogen) atoms. The maximum absolute atomic E-state index is 12.0. The lowest BCUT2D eigenvalue weighted by Crippen LogP contribution is -2.19. The summed E-state index contributed by atoms with van der Waals surface area (Å²) < 4.78 is 40.5. The minimum atomic E-state index is -4.37. The Morgan fingerprint density at radius 2 is 2.00 bits per heavy atom. The van der Waals surface area contributed by atoms with Crippen molar-refractivity contribution in [1.29, 1.82) is 0 Å². The van der Waals surface area contributed by atoms with Gasteiger partial charge >= 0.3 is 6.18 Å². The lowest BCUT2D eigenvalue weighted by molar-refractivity contribution is -0.154. The van der Waals surface area contributed by atoms with Crippen molar-refractivity contribution in [2.75, 3.05) is 11.9 Å². The van der Waals surface area contributed by atoms with Crippen molar-refractivity contribution in [3.63, 3.8) is 0 Å². The van der Waals surface area contributed by atoms with Gasteiger partial charge in [-0.15, -0.1) is 0 Å². The summed E-state index contributed by atoms with van der Waals surface area (Å²) in [6.45, 7) is 0.901. The zero-order valence-corrected chi connectivity index (χ0v) is 11.2. The molecule has 0 aliphatic heterocycles. The number of nitrogens with zero attached hydrogens (tertiary/aromatic N) is 3. The molecule has 0 bridgehead atoms. The average Bonchev–Trinajstić information content (AvgIpc) is 2.43. The Morgan fingerprint density at radius 1 is 1.19 bits per heavy atom. The van der Waals surface area contributed by atoms with Crippen molar-refractivity contribution in [2.24, 2.45) is 0 Å². The van der Waals surface area contributed by atoms with Crippen LogP contribution in [-0.4, -0.2) is 27.7 Å². The summed E-state index contributed by atoms with van der Waals surface area (Å²) in [5.74, 6) is 0.596. The molecule has 0 amide bonds. The van der Waals surface area contributed by atoms with Crippen molar-refractivity contribution in [2.45, 2.75) is 19.6 Å². The first kappa shape index (κ1) is 15.0. The normalized spacial score (nSPS) is 11.2. The Labute approximate surface area is 119 Å². The summed E-state index contributed by atoms with van der Waals surface area (Å²) in [5.41, 5.74) is 1.46. The highest BCUT2D eigenvalue weighted by Crippen LogP contribution is 2.18. The number of aryl methyl sites for hydroxylation is 1. The topological polar surface area (TPSA) is 59.9 Å². The number of rotatable bonds is 5. The molecule has 8 heteroatoms. The molecule has 0 aliphatic rings. The van der Waals surface area contributed by atoms with E-state index in [4.69, 9.17) is 0 Å². The summed E-state index contributed by atoms with van der Waals surface area (Å²) in [6.07, 6.45) is -1.31. The van der Waals surface area contributed by atoms with E-state index < -0.39 is 12.8 Å². The third kappa shape index (κ3) is 5.25. The van der Waals surface area contributed by atoms with Crippen LogP contribution in [-0.2, 0) is 6.54 Å². The first-order valence-corrected chi connectivity index (χ1v) is 6.10. The molecule has 0 spiro atoms. The maximum atomic E-state index is 12.0. The molecule has 1 N–H and O–H groups in total. The number of nitrogens with one attached hydrogen (secondary N) is 1. The smallest absolute Gasteiger partial charge is 0.422 e. The molecule has 2 aromatic rings. The van der Waals surface area contributed by atoms with E-state index in [2.05, 4.69) is 25.0 Å². The van der Waals surface area contributed by atoms with Crippen LogP contribution in [0.5, 0.6) is 5.88 Å². The number of aromatic nitrogens is 3. The van der Waals surface area contributed by atoms with E-state index in [1.807, 2.05) is 0 Å². The molecule has 0 atom stereocenters. The van der Waals surface area contributed by atoms with Gasteiger partial charge in [-0.3, -0.25) is 0 Å². The first-order valence-electron chi connectivity index (χ1n) is 6.10. The molecule has 0 saturated heterocycles. The highest BCUT2D eigenvalue weighted by atomic mass is 19.4. The van der Waals surface area contributed by atoms with Crippen LogP contribution in [0.15, 0.2) is 30.6 Å². The van der Waals surface area contributed by atoms with Gasteiger partial charge in [0.15, 0.2) is 6.61 Å². The fraction of sp³-hybridized carbons (Fsp3) is 0.308. The van der Waals surface area contributed by atoms with Crippen LogP contribution in [0, 0.1) is 6.92 Å². The van der Waals surface area contributed by atoms with Crippen molar-refractivity contribution >= 4 is 5.69 Å². The molecular formula is C13H13F3N4O. The number of hydrogen-bond donors (Lipinski definition) is 1. The van der Waals surface area contributed by atoms with E-state index >= 15 is 0 Å². The molecule has 2 heterocycles. The van der Waals surface area contributed by atoms with Crippen molar-refractivity contribution in [3.8, 4) is 5.88 Å². The number of ether oxygens (including phenoxy) is 1. The van der Waals surface area contributed by atoms with Crippen LogP contribution in [0.25, 0.3) is 0 Å². The standard InChI is InChI=1S/C13H13F3N4O/c1-9-17-5-4-11(20-9)7-18-10-2-3-12(19-6-10)21-8-13(14,15)16/h2-6,18H,7-8H2,1H3. The van der Waals surface area contributed by atoms with Gasteiger partial charge in [0.05, 0.1) is 24.1 Å². The van der Waals surface area contributed by atoms with E-state index in [0.717, 1.165) is 5.69 Å². The molecule has 0 saturated carbocycles. The molecule has 112 valence electrons. The van der Waals surface area contributed by atoms with E-state index in [1.54, 1.807) is 25.3 Å².